The summed E-state index contributed by atoms with van der Waals surface area (Å²) in [6.07, 6.45) is 1.91. The molecule has 0 spiro atoms. The fourth-order valence-corrected chi connectivity index (χ4v) is 3.61. The highest BCUT2D eigenvalue weighted by Crippen LogP contribution is 2.28. The molecule has 3 aromatic rings. The number of benzene rings is 1. The van der Waals surface area contributed by atoms with Gasteiger partial charge >= 0.3 is 0 Å². The van der Waals surface area contributed by atoms with Crippen LogP contribution in [0.5, 0.6) is 0 Å². The van der Waals surface area contributed by atoms with E-state index in [4.69, 9.17) is 0 Å². The van der Waals surface area contributed by atoms with Crippen molar-refractivity contribution in [2.45, 2.75) is 43.8 Å². The molecule has 0 aliphatic heterocycles. The van der Waals surface area contributed by atoms with Crippen LogP contribution in [-0.4, -0.2) is 43.4 Å². The number of carbonyl (C=O) groups excluding carboxylic acids is 2. The predicted octanol–water partition coefficient (Wildman–Crippen LogP) is 3.24. The number of halogens is 2. The monoisotopic (exact) mass is 436 g/mol. The molecule has 30 heavy (non-hydrogen) atoms. The lowest BCUT2D eigenvalue weighted by Gasteiger charge is -2.20. The molecular weight excluding hydrogens is 414 g/mol. The first-order valence-electron chi connectivity index (χ1n) is 9.33. The number of anilines is 1. The second kappa shape index (κ2) is 9.70. The lowest BCUT2D eigenvalue weighted by atomic mass is 10.0. The number of carbonyl (C=O) groups is 2. The van der Waals surface area contributed by atoms with Gasteiger partial charge in [0.15, 0.2) is 5.16 Å². The van der Waals surface area contributed by atoms with Crippen LogP contribution in [0.2, 0.25) is 0 Å². The fraction of sp³-hybridized carbons (Fsp3) is 0.368. The first-order valence-corrected chi connectivity index (χ1v) is 10.2. The Morgan fingerprint density at radius 3 is 2.67 bits per heavy atom. The highest BCUT2D eigenvalue weighted by Gasteiger charge is 2.24. The van der Waals surface area contributed by atoms with Gasteiger partial charge in [0.25, 0.3) is 5.76 Å². The van der Waals surface area contributed by atoms with E-state index >= 15 is 0 Å². The predicted molar refractivity (Wildman–Crippen MR) is 110 cm³/mol. The molecule has 0 aliphatic carbocycles. The Labute approximate surface area is 175 Å². The highest BCUT2D eigenvalue weighted by molar-refractivity contribution is 7.99. The molecule has 1 atom stereocenters. The van der Waals surface area contributed by atoms with Gasteiger partial charge in [0, 0.05) is 6.07 Å². The van der Waals surface area contributed by atoms with Crippen LogP contribution in [0.1, 0.15) is 20.3 Å². The van der Waals surface area contributed by atoms with E-state index in [0.717, 1.165) is 0 Å². The molecule has 1 unspecified atom stereocenters. The van der Waals surface area contributed by atoms with Crippen molar-refractivity contribution in [2.75, 3.05) is 5.32 Å². The molecule has 8 nitrogen and oxygen atoms in total. The summed E-state index contributed by atoms with van der Waals surface area (Å²) < 4.78 is 27.3. The van der Waals surface area contributed by atoms with Crippen LogP contribution in [0.25, 0.3) is 11.0 Å². The van der Waals surface area contributed by atoms with E-state index in [9.17, 15) is 18.4 Å². The molecule has 0 aliphatic rings. The number of hydrogen-bond acceptors (Lipinski definition) is 5. The Kier molecular flexibility index (Phi) is 7.03. The molecule has 11 heteroatoms. The van der Waals surface area contributed by atoms with Crippen molar-refractivity contribution in [1.29, 1.82) is 0 Å². The van der Waals surface area contributed by atoms with E-state index in [1.165, 1.54) is 10.8 Å². The van der Waals surface area contributed by atoms with Crippen LogP contribution in [0.3, 0.4) is 0 Å². The Morgan fingerprint density at radius 1 is 1.23 bits per heavy atom. The quantitative estimate of drug-likeness (QED) is 0.447. The SMILES string of the molecule is CC(C)CC(NC(=O)Cn1c(SC(F)F)nc2ccccc21)C(=O)Nc1ccn[nH]1. The fourth-order valence-electron chi connectivity index (χ4n) is 3.01. The summed E-state index contributed by atoms with van der Waals surface area (Å²) in [5.41, 5.74) is 1.09. The molecule has 0 radical (unpaired) electrons. The summed E-state index contributed by atoms with van der Waals surface area (Å²) >= 11 is 0.280. The molecule has 2 heterocycles. The molecule has 1 aromatic carbocycles. The normalized spacial score (nSPS) is 12.5. The van der Waals surface area contributed by atoms with E-state index in [2.05, 4.69) is 25.8 Å². The molecule has 3 N–H and O–H groups in total. The Morgan fingerprint density at radius 2 is 2.00 bits per heavy atom. The first-order chi connectivity index (χ1) is 14.3. The zero-order valence-electron chi connectivity index (χ0n) is 16.4. The van der Waals surface area contributed by atoms with Crippen molar-refractivity contribution < 1.29 is 18.4 Å². The van der Waals surface area contributed by atoms with Gasteiger partial charge in [-0.15, -0.1) is 0 Å². The molecule has 0 saturated heterocycles. The number of hydrogen-bond donors (Lipinski definition) is 3. The number of aromatic amines is 1. The lowest BCUT2D eigenvalue weighted by molar-refractivity contribution is -0.127. The van der Waals surface area contributed by atoms with Gasteiger partial charge in [-0.25, -0.2) is 4.98 Å². The van der Waals surface area contributed by atoms with E-state index in [0.29, 0.717) is 23.3 Å². The summed E-state index contributed by atoms with van der Waals surface area (Å²) in [7, 11) is 0. The van der Waals surface area contributed by atoms with E-state index in [-0.39, 0.29) is 35.3 Å². The average Bonchev–Trinajstić information content (AvgIpc) is 3.29. The number of nitrogens with zero attached hydrogens (tertiary/aromatic N) is 3. The molecule has 160 valence electrons. The number of thioether (sulfide) groups is 1. The van der Waals surface area contributed by atoms with Gasteiger partial charge in [0.05, 0.1) is 17.2 Å². The van der Waals surface area contributed by atoms with Crippen LogP contribution in [0.4, 0.5) is 14.6 Å². The number of alkyl halides is 2. The van der Waals surface area contributed by atoms with Crippen LogP contribution >= 0.6 is 11.8 Å². The van der Waals surface area contributed by atoms with Gasteiger partial charge < -0.3 is 15.2 Å². The second-order valence-corrected chi connectivity index (χ2v) is 8.01. The average molecular weight is 436 g/mol. The zero-order valence-corrected chi connectivity index (χ0v) is 17.2. The molecule has 0 fully saturated rings. The minimum atomic E-state index is -2.67. The summed E-state index contributed by atoms with van der Waals surface area (Å²) in [4.78, 5) is 29.5. The summed E-state index contributed by atoms with van der Waals surface area (Å²) in [5, 5.41) is 11.8. The molecule has 0 saturated carbocycles. The number of imidazole rings is 1. The van der Waals surface area contributed by atoms with E-state index in [1.807, 2.05) is 13.8 Å². The molecule has 2 amide bonds. The van der Waals surface area contributed by atoms with Crippen LogP contribution in [0, 0.1) is 5.92 Å². The van der Waals surface area contributed by atoms with Gasteiger partial charge in [-0.1, -0.05) is 26.0 Å². The van der Waals surface area contributed by atoms with Gasteiger partial charge in [0.1, 0.15) is 18.4 Å². The van der Waals surface area contributed by atoms with Crippen molar-refractivity contribution in [3.8, 4) is 0 Å². The molecular formula is C19H22F2N6O2S. The lowest BCUT2D eigenvalue weighted by Crippen LogP contribution is -2.45. The summed E-state index contributed by atoms with van der Waals surface area (Å²) in [5.74, 6) is -2.97. The van der Waals surface area contributed by atoms with Crippen molar-refractivity contribution in [3.63, 3.8) is 0 Å². The Bertz CT molecular complexity index is 1010. The maximum atomic E-state index is 13.0. The third-order valence-corrected chi connectivity index (χ3v) is 4.93. The summed E-state index contributed by atoms with van der Waals surface area (Å²) in [6.45, 7) is 3.63. The van der Waals surface area contributed by atoms with Crippen LogP contribution in [0.15, 0.2) is 41.7 Å². The van der Waals surface area contributed by atoms with Crippen molar-refractivity contribution in [1.82, 2.24) is 25.1 Å². The van der Waals surface area contributed by atoms with Crippen molar-refractivity contribution >= 4 is 40.4 Å². The van der Waals surface area contributed by atoms with E-state index in [1.54, 1.807) is 30.3 Å². The van der Waals surface area contributed by atoms with Crippen molar-refractivity contribution in [3.05, 3.63) is 36.5 Å². The second-order valence-electron chi connectivity index (χ2n) is 7.06. The number of nitrogens with one attached hydrogen (secondary N) is 3. The standard InChI is InChI=1S/C19H22F2N6O2S/c1-11(2)9-13(17(29)25-15-7-8-22-26-15)23-16(28)10-27-14-6-4-3-5-12(14)24-19(27)30-18(20)21/h3-8,11,13,18H,9-10H2,1-2H3,(H,23,28)(H2,22,25,26,29). The van der Waals surface area contributed by atoms with Crippen molar-refractivity contribution in [2.24, 2.45) is 5.92 Å². The third-order valence-electron chi connectivity index (χ3n) is 4.23. The van der Waals surface area contributed by atoms with Gasteiger partial charge in [-0.05, 0) is 36.2 Å². The van der Waals surface area contributed by atoms with E-state index < -0.39 is 17.7 Å². The third kappa shape index (κ3) is 5.56. The number of para-hydroxylation sites is 2. The smallest absolute Gasteiger partial charge is 0.291 e. The van der Waals surface area contributed by atoms with Crippen LogP contribution in [-0.2, 0) is 16.1 Å². The number of rotatable bonds is 9. The molecule has 3 rings (SSSR count). The molecule has 2 aromatic heterocycles. The summed E-state index contributed by atoms with van der Waals surface area (Å²) in [6, 6.07) is 7.70. The maximum Gasteiger partial charge on any atom is 0.291 e. The largest absolute Gasteiger partial charge is 0.343 e. The van der Waals surface area contributed by atoms with Gasteiger partial charge in [-0.2, -0.15) is 13.9 Å². The molecule has 0 bridgehead atoms. The Balaban J connectivity index is 1.77. The minimum absolute atomic E-state index is 0.0451. The van der Waals surface area contributed by atoms with Gasteiger partial charge in [0.2, 0.25) is 11.8 Å². The number of aromatic nitrogens is 4. The van der Waals surface area contributed by atoms with Crippen LogP contribution < -0.4 is 10.6 Å². The first kappa shape index (κ1) is 21.8. The maximum absolute atomic E-state index is 13.0. The Hall–Kier alpha value is -2.95. The van der Waals surface area contributed by atoms with Gasteiger partial charge in [-0.3, -0.25) is 14.7 Å². The number of H-pyrrole nitrogens is 1. The topological polar surface area (TPSA) is 105 Å². The number of amides is 2. The zero-order chi connectivity index (χ0) is 21.7. The number of fused-ring (bicyclic) bond motifs is 1. The minimum Gasteiger partial charge on any atom is -0.343 e. The highest BCUT2D eigenvalue weighted by atomic mass is 32.2.